The number of rotatable bonds is 2. The highest BCUT2D eigenvalue weighted by Crippen LogP contribution is 2.26. The second-order valence-corrected chi connectivity index (χ2v) is 2.06. The first-order valence-electron chi connectivity index (χ1n) is 2.47. The largest absolute Gasteiger partial charge is 0.518 e. The number of carbonyl (C=O) groups excluding carboxylic acids is 1. The van der Waals surface area contributed by atoms with E-state index in [0.717, 1.165) is 0 Å². The monoisotopic (exact) mass is 168 g/mol. The van der Waals surface area contributed by atoms with E-state index in [9.17, 15) is 4.79 Å². The lowest BCUT2D eigenvalue weighted by Crippen LogP contribution is -2.58. The fourth-order valence-electron chi connectivity index (χ4n) is 0.480. The van der Waals surface area contributed by atoms with Crippen LogP contribution in [0.25, 0.3) is 0 Å². The highest BCUT2D eigenvalue weighted by molar-refractivity contribution is 6.18. The van der Waals surface area contributed by atoms with E-state index in [1.807, 2.05) is 0 Å². The van der Waals surface area contributed by atoms with Gasteiger partial charge in [-0.15, -0.1) is 11.6 Å². The number of aliphatic hydroxyl groups excluding tert-OH is 1. The van der Waals surface area contributed by atoms with Crippen LogP contribution in [0.1, 0.15) is 0 Å². The van der Waals surface area contributed by atoms with E-state index in [0.29, 0.717) is 0 Å². The van der Waals surface area contributed by atoms with Crippen molar-refractivity contribution in [3.05, 3.63) is 0 Å². The summed E-state index contributed by atoms with van der Waals surface area (Å²) in [5.41, 5.74) is 0. The van der Waals surface area contributed by atoms with Crippen LogP contribution < -0.4 is 0 Å². The van der Waals surface area contributed by atoms with E-state index in [-0.39, 0.29) is 5.88 Å². The van der Waals surface area contributed by atoms with Gasteiger partial charge in [0.15, 0.2) is 6.10 Å². The van der Waals surface area contributed by atoms with Crippen LogP contribution >= 0.6 is 11.6 Å². The molecule has 1 atom stereocenters. The summed E-state index contributed by atoms with van der Waals surface area (Å²) in [5, 5.41) is 17.6. The molecule has 10 heavy (non-hydrogen) atoms. The number of aliphatic hydroxyl groups is 2. The van der Waals surface area contributed by atoms with E-state index >= 15 is 0 Å². The molecule has 0 aliphatic carbocycles. The average molecular weight is 169 g/mol. The molecule has 1 fully saturated rings. The zero-order valence-corrected chi connectivity index (χ0v) is 5.54. The second-order valence-electron chi connectivity index (χ2n) is 1.75. The first-order chi connectivity index (χ1) is 4.58. The lowest BCUT2D eigenvalue weighted by Gasteiger charge is -2.36. The molecule has 0 aromatic carbocycles. The molecule has 0 aromatic heterocycles. The summed E-state index contributed by atoms with van der Waals surface area (Å²) in [5.74, 6) is -2.50. The second kappa shape index (κ2) is 2.26. The maximum absolute atomic E-state index is 9.98. The van der Waals surface area contributed by atoms with Gasteiger partial charge in [0, 0.05) is 0 Å². The van der Waals surface area contributed by atoms with Crippen molar-refractivity contribution in [1.29, 1.82) is 0 Å². The van der Waals surface area contributed by atoms with E-state index in [4.69, 9.17) is 21.8 Å². The van der Waals surface area contributed by atoms with Crippen LogP contribution in [0.2, 0.25) is 0 Å². The summed E-state index contributed by atoms with van der Waals surface area (Å²) >= 11 is 5.12. The standard InChI is InChI=1S/C4H5ClO5/c5-1-2(6)4(8)9-3(7)10-4/h2,6,8H,1H2. The molecule has 0 radical (unpaired) electrons. The molecular formula is C4H5ClO5. The van der Waals surface area contributed by atoms with Crippen molar-refractivity contribution in [3.8, 4) is 0 Å². The van der Waals surface area contributed by atoms with Gasteiger partial charge in [0.1, 0.15) is 0 Å². The molecule has 2 N–H and O–H groups in total. The molecule has 0 saturated carbocycles. The zero-order chi connectivity index (χ0) is 7.78. The predicted octanol–water partition coefficient (Wildman–Crippen LogP) is -0.601. The minimum Gasteiger partial charge on any atom is -0.381 e. The van der Waals surface area contributed by atoms with Crippen molar-refractivity contribution in [2.24, 2.45) is 0 Å². The van der Waals surface area contributed by atoms with Crippen LogP contribution in [-0.2, 0) is 9.47 Å². The number of halogens is 1. The molecule has 0 bridgehead atoms. The van der Waals surface area contributed by atoms with Gasteiger partial charge < -0.3 is 19.7 Å². The summed E-state index contributed by atoms with van der Waals surface area (Å²) in [4.78, 5) is 9.98. The van der Waals surface area contributed by atoms with Crippen LogP contribution in [-0.4, -0.2) is 34.3 Å². The van der Waals surface area contributed by atoms with Crippen LogP contribution in [0.5, 0.6) is 0 Å². The maximum atomic E-state index is 9.98. The molecule has 0 spiro atoms. The normalized spacial score (nSPS) is 24.1. The van der Waals surface area contributed by atoms with Crippen LogP contribution in [0, 0.1) is 0 Å². The molecule has 5 nitrogen and oxygen atoms in total. The van der Waals surface area contributed by atoms with Crippen molar-refractivity contribution in [3.63, 3.8) is 0 Å². The third kappa shape index (κ3) is 1.03. The average Bonchev–Trinajstić information content (AvgIpc) is 1.83. The fourth-order valence-corrected chi connectivity index (χ4v) is 0.675. The molecule has 0 amide bonds. The molecule has 1 saturated heterocycles. The Kier molecular flexibility index (Phi) is 1.72. The Morgan fingerprint density at radius 1 is 1.70 bits per heavy atom. The van der Waals surface area contributed by atoms with Gasteiger partial charge in [-0.05, 0) is 0 Å². The summed E-state index contributed by atoms with van der Waals surface area (Å²) < 4.78 is 8.08. The van der Waals surface area contributed by atoms with Gasteiger partial charge in [-0.2, -0.15) is 0 Å². The molecule has 1 heterocycles. The smallest absolute Gasteiger partial charge is 0.381 e. The molecule has 1 unspecified atom stereocenters. The number of hydrogen-bond donors (Lipinski definition) is 2. The van der Waals surface area contributed by atoms with Crippen LogP contribution in [0.15, 0.2) is 0 Å². The van der Waals surface area contributed by atoms with Gasteiger partial charge in [0.25, 0.3) is 0 Å². The topological polar surface area (TPSA) is 76.0 Å². The van der Waals surface area contributed by atoms with Gasteiger partial charge in [0.05, 0.1) is 5.88 Å². The Morgan fingerprint density at radius 2 is 2.20 bits per heavy atom. The molecule has 58 valence electrons. The summed E-state index contributed by atoms with van der Waals surface area (Å²) in [6.07, 6.45) is -2.43. The van der Waals surface area contributed by atoms with Gasteiger partial charge in [-0.25, -0.2) is 4.79 Å². The van der Waals surface area contributed by atoms with Crippen molar-refractivity contribution in [1.82, 2.24) is 0 Å². The molecule has 0 aromatic rings. The molecule has 1 rings (SSSR count). The Balaban J connectivity index is 2.47. The first kappa shape index (κ1) is 7.59. The highest BCUT2D eigenvalue weighted by Gasteiger charge is 2.53. The minimum atomic E-state index is -2.22. The summed E-state index contributed by atoms with van der Waals surface area (Å²) in [7, 11) is 0. The fraction of sp³-hybridized carbons (Fsp3) is 0.750. The zero-order valence-electron chi connectivity index (χ0n) is 4.78. The first-order valence-corrected chi connectivity index (χ1v) is 3.00. The minimum absolute atomic E-state index is 0.274. The van der Waals surface area contributed by atoms with E-state index in [1.165, 1.54) is 0 Å². The number of cyclic esters (lactones) is 2. The number of ether oxygens (including phenoxy) is 2. The highest BCUT2D eigenvalue weighted by atomic mass is 35.5. The molecule has 1 aliphatic rings. The van der Waals surface area contributed by atoms with Gasteiger partial charge in [-0.1, -0.05) is 0 Å². The molecular weight excluding hydrogens is 163 g/mol. The molecule has 6 heteroatoms. The van der Waals surface area contributed by atoms with E-state index in [1.54, 1.807) is 0 Å². The Morgan fingerprint density at radius 3 is 2.50 bits per heavy atom. The summed E-state index contributed by atoms with van der Waals surface area (Å²) in [6, 6.07) is 0. The van der Waals surface area contributed by atoms with E-state index in [2.05, 4.69) is 9.47 Å². The van der Waals surface area contributed by atoms with Crippen molar-refractivity contribution >= 4 is 17.8 Å². The Bertz CT molecular complexity index is 150. The van der Waals surface area contributed by atoms with Crippen molar-refractivity contribution in [2.45, 2.75) is 12.1 Å². The lowest BCUT2D eigenvalue weighted by atomic mass is 10.3. The number of alkyl halides is 1. The number of hydrogen-bond acceptors (Lipinski definition) is 5. The van der Waals surface area contributed by atoms with E-state index < -0.39 is 18.2 Å². The Hall–Kier alpha value is -0.520. The van der Waals surface area contributed by atoms with Crippen molar-refractivity contribution < 1.29 is 24.5 Å². The van der Waals surface area contributed by atoms with Gasteiger partial charge in [-0.3, -0.25) is 0 Å². The van der Waals surface area contributed by atoms with Crippen LogP contribution in [0.3, 0.4) is 0 Å². The third-order valence-electron chi connectivity index (χ3n) is 1.03. The van der Waals surface area contributed by atoms with Crippen LogP contribution in [0.4, 0.5) is 4.79 Å². The van der Waals surface area contributed by atoms with Gasteiger partial charge >= 0.3 is 12.1 Å². The maximum Gasteiger partial charge on any atom is 0.518 e. The lowest BCUT2D eigenvalue weighted by molar-refractivity contribution is -0.415. The third-order valence-corrected chi connectivity index (χ3v) is 1.32. The predicted molar refractivity (Wildman–Crippen MR) is 29.2 cm³/mol. The van der Waals surface area contributed by atoms with Gasteiger partial charge in [0.2, 0.25) is 0 Å². The quantitative estimate of drug-likeness (QED) is 0.425. The Labute approximate surface area is 61.1 Å². The SMILES string of the molecule is O=C1OC(O)(C(O)CCl)O1. The number of carbonyl (C=O) groups is 1. The molecule has 1 aliphatic heterocycles. The summed E-state index contributed by atoms with van der Waals surface area (Å²) in [6.45, 7) is 0. The van der Waals surface area contributed by atoms with Crippen molar-refractivity contribution in [2.75, 3.05) is 5.88 Å².